The maximum atomic E-state index is 12.5. The highest BCUT2D eigenvalue weighted by atomic mass is 32.2. The molecule has 0 unspecified atom stereocenters. The van der Waals surface area contributed by atoms with E-state index in [4.69, 9.17) is 4.74 Å². The Morgan fingerprint density at radius 2 is 2.11 bits per heavy atom. The summed E-state index contributed by atoms with van der Waals surface area (Å²) in [7, 11) is 0. The summed E-state index contributed by atoms with van der Waals surface area (Å²) >= 11 is 3.31. The Morgan fingerprint density at radius 3 is 2.89 bits per heavy atom. The number of fused-ring (bicyclic) bond motifs is 3. The first kappa shape index (κ1) is 19.0. The van der Waals surface area contributed by atoms with Gasteiger partial charge in [0.15, 0.2) is 0 Å². The van der Waals surface area contributed by atoms with E-state index in [0.29, 0.717) is 31.1 Å². The SMILES string of the molecule is C[C@@H]1CN(C(=O)CCSCc2nc3sc4c(c3c(=O)[nH]2)CCC4)C[C@H](C)O1. The molecular formula is C19H25N3O3S2. The van der Waals surface area contributed by atoms with Crippen LogP contribution in [0, 0.1) is 0 Å². The second kappa shape index (κ2) is 7.93. The quantitative estimate of drug-likeness (QED) is 0.772. The van der Waals surface area contributed by atoms with E-state index in [1.54, 1.807) is 23.1 Å². The maximum absolute atomic E-state index is 12.5. The maximum Gasteiger partial charge on any atom is 0.259 e. The lowest BCUT2D eigenvalue weighted by Gasteiger charge is -2.35. The van der Waals surface area contributed by atoms with Crippen LogP contribution < -0.4 is 5.56 Å². The van der Waals surface area contributed by atoms with E-state index in [9.17, 15) is 9.59 Å². The minimum absolute atomic E-state index is 0.0117. The molecule has 0 radical (unpaired) electrons. The number of amides is 1. The molecule has 1 fully saturated rings. The van der Waals surface area contributed by atoms with Gasteiger partial charge in [0.25, 0.3) is 5.56 Å². The van der Waals surface area contributed by atoms with Crippen molar-refractivity contribution >= 4 is 39.2 Å². The van der Waals surface area contributed by atoms with Crippen LogP contribution in [0.4, 0.5) is 0 Å². The Kier molecular flexibility index (Phi) is 5.57. The fourth-order valence-corrected chi connectivity index (χ4v) is 6.06. The van der Waals surface area contributed by atoms with Crippen LogP contribution in [-0.4, -0.2) is 51.8 Å². The zero-order chi connectivity index (χ0) is 19.0. The number of aromatic nitrogens is 2. The second-order valence-corrected chi connectivity index (χ2v) is 9.60. The van der Waals surface area contributed by atoms with E-state index in [0.717, 1.165) is 35.2 Å². The molecule has 27 heavy (non-hydrogen) atoms. The number of ether oxygens (including phenoxy) is 1. The van der Waals surface area contributed by atoms with Crippen LogP contribution in [0.2, 0.25) is 0 Å². The summed E-state index contributed by atoms with van der Waals surface area (Å²) in [4.78, 5) is 36.5. The average Bonchev–Trinajstić information content (AvgIpc) is 3.18. The first-order chi connectivity index (χ1) is 13.0. The molecule has 2 aliphatic rings. The van der Waals surface area contributed by atoms with Crippen molar-refractivity contribution in [2.24, 2.45) is 0 Å². The van der Waals surface area contributed by atoms with Crippen molar-refractivity contribution in [3.8, 4) is 0 Å². The summed E-state index contributed by atoms with van der Waals surface area (Å²) < 4.78 is 5.68. The van der Waals surface area contributed by atoms with Crippen molar-refractivity contribution < 1.29 is 9.53 Å². The predicted molar refractivity (Wildman–Crippen MR) is 110 cm³/mol. The van der Waals surface area contributed by atoms with E-state index in [1.165, 1.54) is 10.4 Å². The van der Waals surface area contributed by atoms with E-state index < -0.39 is 0 Å². The number of hydrogen-bond acceptors (Lipinski definition) is 6. The van der Waals surface area contributed by atoms with Gasteiger partial charge in [-0.2, -0.15) is 11.8 Å². The van der Waals surface area contributed by atoms with Crippen molar-refractivity contribution in [2.45, 2.75) is 57.5 Å². The van der Waals surface area contributed by atoms with Gasteiger partial charge < -0.3 is 14.6 Å². The smallest absolute Gasteiger partial charge is 0.259 e. The van der Waals surface area contributed by atoms with Crippen LogP contribution in [0.25, 0.3) is 10.2 Å². The van der Waals surface area contributed by atoms with Gasteiger partial charge in [0.2, 0.25) is 5.91 Å². The Bertz CT molecular complexity index is 897. The highest BCUT2D eigenvalue weighted by Gasteiger charge is 2.25. The number of nitrogens with one attached hydrogen (secondary N) is 1. The third kappa shape index (κ3) is 4.07. The number of morpholine rings is 1. The summed E-state index contributed by atoms with van der Waals surface area (Å²) in [5.41, 5.74) is 1.20. The van der Waals surface area contributed by atoms with E-state index in [-0.39, 0.29) is 23.7 Å². The van der Waals surface area contributed by atoms with Gasteiger partial charge in [-0.1, -0.05) is 0 Å². The fourth-order valence-electron chi connectivity index (χ4n) is 3.98. The van der Waals surface area contributed by atoms with E-state index >= 15 is 0 Å². The molecule has 0 saturated carbocycles. The third-order valence-corrected chi connectivity index (χ3v) is 7.25. The van der Waals surface area contributed by atoms with Crippen molar-refractivity contribution in [1.29, 1.82) is 0 Å². The van der Waals surface area contributed by atoms with Gasteiger partial charge in [-0.05, 0) is 38.7 Å². The molecule has 0 bridgehead atoms. The van der Waals surface area contributed by atoms with Gasteiger partial charge in [0.1, 0.15) is 10.7 Å². The molecule has 3 heterocycles. The van der Waals surface area contributed by atoms with E-state index in [2.05, 4.69) is 9.97 Å². The largest absolute Gasteiger partial charge is 0.372 e. The molecule has 2 aromatic rings. The zero-order valence-electron chi connectivity index (χ0n) is 15.7. The van der Waals surface area contributed by atoms with Crippen LogP contribution in [0.5, 0.6) is 0 Å². The Hall–Kier alpha value is -1.38. The number of aromatic amines is 1. The minimum atomic E-state index is -0.0117. The van der Waals surface area contributed by atoms with Crippen LogP contribution in [0.3, 0.4) is 0 Å². The third-order valence-electron chi connectivity index (χ3n) is 5.10. The molecule has 0 aromatic carbocycles. The van der Waals surface area contributed by atoms with Crippen molar-refractivity contribution in [3.63, 3.8) is 0 Å². The molecule has 1 saturated heterocycles. The lowest BCUT2D eigenvalue weighted by atomic mass is 10.2. The summed E-state index contributed by atoms with van der Waals surface area (Å²) in [6.07, 6.45) is 3.90. The monoisotopic (exact) mass is 407 g/mol. The van der Waals surface area contributed by atoms with Gasteiger partial charge in [0, 0.05) is 30.1 Å². The molecule has 146 valence electrons. The number of rotatable bonds is 5. The molecule has 1 N–H and O–H groups in total. The van der Waals surface area contributed by atoms with Crippen molar-refractivity contribution in [2.75, 3.05) is 18.8 Å². The summed E-state index contributed by atoms with van der Waals surface area (Å²) in [5, 5.41) is 0.798. The second-order valence-electron chi connectivity index (χ2n) is 7.41. The lowest BCUT2D eigenvalue weighted by Crippen LogP contribution is -2.48. The van der Waals surface area contributed by atoms with Gasteiger partial charge in [-0.15, -0.1) is 11.3 Å². The zero-order valence-corrected chi connectivity index (χ0v) is 17.4. The Balaban J connectivity index is 1.32. The normalized spacial score (nSPS) is 22.4. The molecular weight excluding hydrogens is 382 g/mol. The van der Waals surface area contributed by atoms with E-state index in [1.807, 2.05) is 18.7 Å². The molecule has 8 heteroatoms. The first-order valence-corrected chi connectivity index (χ1v) is 11.5. The topological polar surface area (TPSA) is 75.3 Å². The van der Waals surface area contributed by atoms with Gasteiger partial charge in [-0.25, -0.2) is 4.98 Å². The Labute approximate surface area is 166 Å². The number of carbonyl (C=O) groups excluding carboxylic acids is 1. The molecule has 1 amide bonds. The molecule has 0 spiro atoms. The molecule has 6 nitrogen and oxygen atoms in total. The number of carbonyl (C=O) groups is 1. The number of hydrogen-bond donors (Lipinski definition) is 1. The molecule has 2 aromatic heterocycles. The molecule has 1 aliphatic heterocycles. The molecule has 4 rings (SSSR count). The highest BCUT2D eigenvalue weighted by Crippen LogP contribution is 2.34. The number of thioether (sulfide) groups is 1. The lowest BCUT2D eigenvalue weighted by molar-refractivity contribution is -0.142. The van der Waals surface area contributed by atoms with Crippen molar-refractivity contribution in [1.82, 2.24) is 14.9 Å². The standard InChI is InChI=1S/C19H25N3O3S2/c1-11-8-22(9-12(2)25-11)16(23)6-7-26-10-15-20-18(24)17-13-4-3-5-14(13)27-19(17)21-15/h11-12H,3-10H2,1-2H3,(H,20,21,24)/t11-,12+. The molecule has 2 atom stereocenters. The summed E-state index contributed by atoms with van der Waals surface area (Å²) in [6.45, 7) is 5.34. The number of aryl methyl sites for hydroxylation is 2. The average molecular weight is 408 g/mol. The first-order valence-electron chi connectivity index (χ1n) is 9.55. The molecule has 1 aliphatic carbocycles. The minimum Gasteiger partial charge on any atom is -0.372 e. The van der Waals surface area contributed by atoms with Crippen LogP contribution in [0.15, 0.2) is 4.79 Å². The van der Waals surface area contributed by atoms with Crippen LogP contribution in [-0.2, 0) is 28.1 Å². The summed E-state index contributed by atoms with van der Waals surface area (Å²) in [5.74, 6) is 2.23. The van der Waals surface area contributed by atoms with Gasteiger partial charge in [-0.3, -0.25) is 9.59 Å². The van der Waals surface area contributed by atoms with Gasteiger partial charge >= 0.3 is 0 Å². The number of nitrogens with zero attached hydrogens (tertiary/aromatic N) is 2. The number of H-pyrrole nitrogens is 1. The van der Waals surface area contributed by atoms with Gasteiger partial charge in [0.05, 0.1) is 23.3 Å². The van der Waals surface area contributed by atoms with Crippen LogP contribution >= 0.6 is 23.1 Å². The fraction of sp³-hybridized carbons (Fsp3) is 0.632. The summed E-state index contributed by atoms with van der Waals surface area (Å²) in [6, 6.07) is 0. The number of thiophene rings is 1. The van der Waals surface area contributed by atoms with Crippen LogP contribution in [0.1, 0.15) is 43.0 Å². The highest BCUT2D eigenvalue weighted by molar-refractivity contribution is 7.98. The predicted octanol–water partition coefficient (Wildman–Crippen LogP) is 2.73. The van der Waals surface area contributed by atoms with Crippen molar-refractivity contribution in [3.05, 3.63) is 26.6 Å². The Morgan fingerprint density at radius 1 is 1.33 bits per heavy atom.